The van der Waals surface area contributed by atoms with Crippen LogP contribution in [-0.4, -0.2) is 15.0 Å². The lowest BCUT2D eigenvalue weighted by molar-refractivity contribution is 0.594. The molecule has 3 nitrogen and oxygen atoms in total. The molecule has 0 fully saturated rings. The van der Waals surface area contributed by atoms with Gasteiger partial charge in [-0.2, -0.15) is 15.0 Å². The fourth-order valence-electron chi connectivity index (χ4n) is 2.22. The molecule has 0 amide bonds. The van der Waals surface area contributed by atoms with E-state index in [1.807, 2.05) is 0 Å². The highest BCUT2D eigenvalue weighted by molar-refractivity contribution is 6.31. The molecule has 0 aliphatic heterocycles. The van der Waals surface area contributed by atoms with E-state index < -0.39 is 0 Å². The highest BCUT2D eigenvalue weighted by Crippen LogP contribution is 2.23. The molecule has 0 unspecified atom stereocenters. The molecule has 0 saturated carbocycles. The molecule has 0 spiro atoms. The van der Waals surface area contributed by atoms with Crippen LogP contribution in [0.2, 0.25) is 10.6 Å². The maximum Gasteiger partial charge on any atom is 0.227 e. The van der Waals surface area contributed by atoms with Gasteiger partial charge in [0.05, 0.1) is 0 Å². The summed E-state index contributed by atoms with van der Waals surface area (Å²) in [7, 11) is 0. The van der Waals surface area contributed by atoms with Crippen molar-refractivity contribution in [2.45, 2.75) is 51.4 Å². The van der Waals surface area contributed by atoms with E-state index in [9.17, 15) is 0 Å². The Hall–Kier alpha value is -0.670. The Bertz CT molecular complexity index is 412. The first-order valence-corrected chi connectivity index (χ1v) is 7.28. The fourth-order valence-corrected chi connectivity index (χ4v) is 2.58. The van der Waals surface area contributed by atoms with Gasteiger partial charge in [0.1, 0.15) is 0 Å². The zero-order valence-corrected chi connectivity index (χ0v) is 11.8. The van der Waals surface area contributed by atoms with Crippen LogP contribution in [0.3, 0.4) is 0 Å². The normalized spacial score (nSPS) is 21.1. The number of nitrogens with zero attached hydrogens (tertiary/aromatic N) is 3. The van der Waals surface area contributed by atoms with Crippen LogP contribution < -0.4 is 0 Å². The summed E-state index contributed by atoms with van der Waals surface area (Å²) >= 11 is 11.7. The quantitative estimate of drug-likeness (QED) is 0.751. The SMILES string of the molecule is Clc1nc(Cl)nc(/C2=C/CCCCCCCC2)n1. The smallest absolute Gasteiger partial charge is 0.198 e. The average Bonchev–Trinajstić information content (AvgIpc) is 2.34. The second-order valence-corrected chi connectivity index (χ2v) is 5.26. The van der Waals surface area contributed by atoms with Gasteiger partial charge in [-0.05, 0) is 54.5 Å². The molecule has 98 valence electrons. The fraction of sp³-hybridized carbons (Fsp3) is 0.615. The highest BCUT2D eigenvalue weighted by atomic mass is 35.5. The third-order valence-electron chi connectivity index (χ3n) is 3.16. The second-order valence-electron chi connectivity index (χ2n) is 4.59. The highest BCUT2D eigenvalue weighted by Gasteiger charge is 2.09. The summed E-state index contributed by atoms with van der Waals surface area (Å²) in [6, 6.07) is 0. The van der Waals surface area contributed by atoms with Gasteiger partial charge < -0.3 is 0 Å². The van der Waals surface area contributed by atoms with Gasteiger partial charge in [0.15, 0.2) is 5.82 Å². The molecule has 5 heteroatoms. The Labute approximate surface area is 118 Å². The average molecular weight is 286 g/mol. The van der Waals surface area contributed by atoms with E-state index >= 15 is 0 Å². The number of allylic oxidation sites excluding steroid dienone is 2. The molecular weight excluding hydrogens is 269 g/mol. The first-order valence-electron chi connectivity index (χ1n) is 6.52. The Morgan fingerprint density at radius 2 is 1.39 bits per heavy atom. The summed E-state index contributed by atoms with van der Waals surface area (Å²) < 4.78 is 0. The standard InChI is InChI=1S/C13H17Cl2N3/c14-12-16-11(17-13(15)18-12)10-8-6-4-2-1-3-5-7-9-10/h8H,1-7,9H2/b10-8+. The molecule has 1 aliphatic rings. The van der Waals surface area contributed by atoms with Crippen LogP contribution in [0.5, 0.6) is 0 Å². The molecule has 0 radical (unpaired) electrons. The van der Waals surface area contributed by atoms with Crippen molar-refractivity contribution >= 4 is 28.8 Å². The summed E-state index contributed by atoms with van der Waals surface area (Å²) in [6.45, 7) is 0. The van der Waals surface area contributed by atoms with Gasteiger partial charge >= 0.3 is 0 Å². The van der Waals surface area contributed by atoms with Crippen LogP contribution in [0.25, 0.3) is 5.57 Å². The minimum Gasteiger partial charge on any atom is -0.198 e. The molecular formula is C13H17Cl2N3. The largest absolute Gasteiger partial charge is 0.227 e. The van der Waals surface area contributed by atoms with Crippen LogP contribution >= 0.6 is 23.2 Å². The van der Waals surface area contributed by atoms with Crippen molar-refractivity contribution in [1.29, 1.82) is 0 Å². The van der Waals surface area contributed by atoms with Crippen LogP contribution in [0.1, 0.15) is 57.2 Å². The van der Waals surface area contributed by atoms with Crippen molar-refractivity contribution in [3.05, 3.63) is 22.5 Å². The van der Waals surface area contributed by atoms with Crippen LogP contribution in [0.15, 0.2) is 6.08 Å². The molecule has 0 aromatic carbocycles. The van der Waals surface area contributed by atoms with Crippen molar-refractivity contribution in [3.63, 3.8) is 0 Å². The van der Waals surface area contributed by atoms with Crippen LogP contribution in [0, 0.1) is 0 Å². The second kappa shape index (κ2) is 7.05. The van der Waals surface area contributed by atoms with Gasteiger partial charge in [-0.15, -0.1) is 0 Å². The zero-order chi connectivity index (χ0) is 12.8. The van der Waals surface area contributed by atoms with E-state index in [1.165, 1.54) is 38.5 Å². The van der Waals surface area contributed by atoms with E-state index in [-0.39, 0.29) is 10.6 Å². The van der Waals surface area contributed by atoms with Crippen LogP contribution in [-0.2, 0) is 0 Å². The summed E-state index contributed by atoms with van der Waals surface area (Å²) in [5, 5.41) is 0.339. The minimum absolute atomic E-state index is 0.169. The molecule has 1 aromatic rings. The summed E-state index contributed by atoms with van der Waals surface area (Å²) in [5.41, 5.74) is 1.16. The molecule has 2 rings (SSSR count). The minimum atomic E-state index is 0.169. The Morgan fingerprint density at radius 3 is 2.11 bits per heavy atom. The maximum atomic E-state index is 5.83. The number of hydrogen-bond acceptors (Lipinski definition) is 3. The molecule has 0 bridgehead atoms. The monoisotopic (exact) mass is 285 g/mol. The summed E-state index contributed by atoms with van der Waals surface area (Å²) in [5.74, 6) is 0.639. The molecule has 0 N–H and O–H groups in total. The Morgan fingerprint density at radius 1 is 0.778 bits per heavy atom. The lowest BCUT2D eigenvalue weighted by Gasteiger charge is -2.09. The van der Waals surface area contributed by atoms with Crippen molar-refractivity contribution in [2.75, 3.05) is 0 Å². The van der Waals surface area contributed by atoms with Crippen LogP contribution in [0.4, 0.5) is 0 Å². The number of aromatic nitrogens is 3. The van der Waals surface area contributed by atoms with Crippen molar-refractivity contribution in [3.8, 4) is 0 Å². The third kappa shape index (κ3) is 4.21. The molecule has 1 heterocycles. The predicted octanol–water partition coefficient (Wildman–Crippen LogP) is 4.70. The third-order valence-corrected chi connectivity index (χ3v) is 3.50. The number of rotatable bonds is 1. The molecule has 0 saturated heterocycles. The molecule has 1 aliphatic carbocycles. The van der Waals surface area contributed by atoms with Crippen molar-refractivity contribution < 1.29 is 0 Å². The van der Waals surface area contributed by atoms with E-state index in [2.05, 4.69) is 21.0 Å². The lowest BCUT2D eigenvalue weighted by Crippen LogP contribution is -1.99. The first-order chi connectivity index (χ1) is 8.75. The van der Waals surface area contributed by atoms with Gasteiger partial charge in [0.25, 0.3) is 0 Å². The van der Waals surface area contributed by atoms with Gasteiger partial charge in [-0.25, -0.2) is 0 Å². The zero-order valence-electron chi connectivity index (χ0n) is 10.3. The number of halogens is 2. The molecule has 0 atom stereocenters. The predicted molar refractivity (Wildman–Crippen MR) is 74.8 cm³/mol. The van der Waals surface area contributed by atoms with Crippen molar-refractivity contribution in [1.82, 2.24) is 15.0 Å². The topological polar surface area (TPSA) is 38.7 Å². The molecule has 1 aromatic heterocycles. The summed E-state index contributed by atoms with van der Waals surface area (Å²) in [6.07, 6.45) is 12.0. The summed E-state index contributed by atoms with van der Waals surface area (Å²) in [4.78, 5) is 12.1. The molecule has 18 heavy (non-hydrogen) atoms. The lowest BCUT2D eigenvalue weighted by atomic mass is 10.00. The Balaban J connectivity index is 2.18. The maximum absolute atomic E-state index is 5.83. The van der Waals surface area contributed by atoms with Crippen molar-refractivity contribution in [2.24, 2.45) is 0 Å². The van der Waals surface area contributed by atoms with E-state index in [4.69, 9.17) is 23.2 Å². The van der Waals surface area contributed by atoms with Gasteiger partial charge in [-0.3, -0.25) is 0 Å². The van der Waals surface area contributed by atoms with Gasteiger partial charge in [-0.1, -0.05) is 31.8 Å². The first kappa shape index (κ1) is 13.8. The van der Waals surface area contributed by atoms with Gasteiger partial charge in [0, 0.05) is 0 Å². The van der Waals surface area contributed by atoms with Gasteiger partial charge in [0.2, 0.25) is 10.6 Å². The van der Waals surface area contributed by atoms with E-state index in [1.54, 1.807) is 0 Å². The van der Waals surface area contributed by atoms with E-state index in [0.717, 1.165) is 18.4 Å². The number of hydrogen-bond donors (Lipinski definition) is 0. The van der Waals surface area contributed by atoms with E-state index in [0.29, 0.717) is 5.82 Å². The Kier molecular flexibility index (Phi) is 5.39.